The number of hydrogen-bond donors (Lipinski definition) is 2. The van der Waals surface area contributed by atoms with E-state index in [0.717, 1.165) is 29.5 Å². The summed E-state index contributed by atoms with van der Waals surface area (Å²) in [6.07, 6.45) is 0.839. The van der Waals surface area contributed by atoms with Gasteiger partial charge >= 0.3 is 0 Å². The Bertz CT molecular complexity index is 420. The smallest absolute Gasteiger partial charge is 0.0557 e. The molecule has 0 saturated carbocycles. The maximum Gasteiger partial charge on any atom is 0.0557 e. The molecule has 1 aliphatic heterocycles. The fourth-order valence-electron chi connectivity index (χ4n) is 2.50. The first kappa shape index (κ1) is 13.8. The normalized spacial score (nSPS) is 23.2. The van der Waals surface area contributed by atoms with Gasteiger partial charge < -0.3 is 15.7 Å². The SMILES string of the molecule is CC(O)C1CCN(c2ccc([C@H](C)N)c(Br)c2)C1. The van der Waals surface area contributed by atoms with Crippen molar-refractivity contribution in [2.45, 2.75) is 32.4 Å². The van der Waals surface area contributed by atoms with Crippen LogP contribution in [0.5, 0.6) is 0 Å². The quantitative estimate of drug-likeness (QED) is 0.902. The average molecular weight is 313 g/mol. The van der Waals surface area contributed by atoms with Crippen molar-refractivity contribution in [2.75, 3.05) is 18.0 Å². The predicted octanol–water partition coefficient (Wildman–Crippen LogP) is 2.68. The van der Waals surface area contributed by atoms with Gasteiger partial charge in [-0.3, -0.25) is 0 Å². The third kappa shape index (κ3) is 2.87. The van der Waals surface area contributed by atoms with Crippen LogP contribution in [0.15, 0.2) is 22.7 Å². The standard InChI is InChI=1S/C14H21BrN2O/c1-9(16)13-4-3-12(7-14(13)15)17-6-5-11(8-17)10(2)18/h3-4,7,9-11,18H,5-6,8,16H2,1-2H3/t9-,10?,11?/m0/s1. The molecule has 18 heavy (non-hydrogen) atoms. The number of anilines is 1. The van der Waals surface area contributed by atoms with Crippen LogP contribution in [-0.2, 0) is 0 Å². The molecule has 0 spiro atoms. The molecule has 1 heterocycles. The largest absolute Gasteiger partial charge is 0.393 e. The summed E-state index contributed by atoms with van der Waals surface area (Å²) in [4.78, 5) is 2.33. The molecule has 0 aromatic heterocycles. The van der Waals surface area contributed by atoms with Crippen LogP contribution in [0.2, 0.25) is 0 Å². The average Bonchev–Trinajstić information content (AvgIpc) is 2.77. The van der Waals surface area contributed by atoms with E-state index in [-0.39, 0.29) is 12.1 Å². The first-order valence-electron chi connectivity index (χ1n) is 6.47. The zero-order chi connectivity index (χ0) is 13.3. The second-order valence-corrected chi connectivity index (χ2v) is 6.08. The van der Waals surface area contributed by atoms with Crippen LogP contribution >= 0.6 is 15.9 Å². The van der Waals surface area contributed by atoms with Gasteiger partial charge in [0.05, 0.1) is 6.10 Å². The van der Waals surface area contributed by atoms with Gasteiger partial charge in [-0.25, -0.2) is 0 Å². The fourth-order valence-corrected chi connectivity index (χ4v) is 3.23. The van der Waals surface area contributed by atoms with Crippen LogP contribution in [0.1, 0.15) is 31.9 Å². The number of hydrogen-bond acceptors (Lipinski definition) is 3. The second kappa shape index (κ2) is 5.59. The third-order valence-corrected chi connectivity index (χ3v) is 4.43. The van der Waals surface area contributed by atoms with Crippen molar-refractivity contribution in [3.8, 4) is 0 Å². The first-order chi connectivity index (χ1) is 8.49. The van der Waals surface area contributed by atoms with Gasteiger partial charge in [-0.05, 0) is 38.0 Å². The Balaban J connectivity index is 2.13. The van der Waals surface area contributed by atoms with Crippen LogP contribution in [0.25, 0.3) is 0 Å². The fraction of sp³-hybridized carbons (Fsp3) is 0.571. The predicted molar refractivity (Wildman–Crippen MR) is 78.7 cm³/mol. The summed E-state index contributed by atoms with van der Waals surface area (Å²) in [6.45, 7) is 5.81. The number of aliphatic hydroxyl groups excluding tert-OH is 1. The molecule has 100 valence electrons. The number of nitrogens with zero attached hydrogens (tertiary/aromatic N) is 1. The zero-order valence-corrected chi connectivity index (χ0v) is 12.5. The summed E-state index contributed by atoms with van der Waals surface area (Å²) in [6, 6.07) is 6.37. The molecule has 3 N–H and O–H groups in total. The van der Waals surface area contributed by atoms with E-state index < -0.39 is 0 Å². The molecule has 3 atom stereocenters. The van der Waals surface area contributed by atoms with E-state index in [9.17, 15) is 5.11 Å². The Hall–Kier alpha value is -0.580. The van der Waals surface area contributed by atoms with Crippen molar-refractivity contribution in [2.24, 2.45) is 11.7 Å². The van der Waals surface area contributed by atoms with Crippen molar-refractivity contribution in [1.82, 2.24) is 0 Å². The molecule has 2 unspecified atom stereocenters. The maximum absolute atomic E-state index is 9.64. The molecule has 0 amide bonds. The molecule has 0 aliphatic carbocycles. The number of halogens is 1. The monoisotopic (exact) mass is 312 g/mol. The maximum atomic E-state index is 9.64. The van der Waals surface area contributed by atoms with Crippen molar-refractivity contribution in [3.05, 3.63) is 28.2 Å². The Morgan fingerprint density at radius 2 is 2.17 bits per heavy atom. The molecule has 1 aromatic rings. The molecule has 4 heteroatoms. The topological polar surface area (TPSA) is 49.5 Å². The van der Waals surface area contributed by atoms with E-state index in [1.807, 2.05) is 13.8 Å². The highest BCUT2D eigenvalue weighted by atomic mass is 79.9. The van der Waals surface area contributed by atoms with E-state index in [1.54, 1.807) is 0 Å². The van der Waals surface area contributed by atoms with Gasteiger partial charge in [0.15, 0.2) is 0 Å². The summed E-state index contributed by atoms with van der Waals surface area (Å²) in [5, 5.41) is 9.64. The highest BCUT2D eigenvalue weighted by Crippen LogP contribution is 2.31. The Labute approximate surface area is 117 Å². The molecule has 1 saturated heterocycles. The molecular formula is C14H21BrN2O. The van der Waals surface area contributed by atoms with Crippen LogP contribution in [0, 0.1) is 5.92 Å². The summed E-state index contributed by atoms with van der Waals surface area (Å²) >= 11 is 3.58. The van der Waals surface area contributed by atoms with Gasteiger partial charge in [0.1, 0.15) is 0 Å². The lowest BCUT2D eigenvalue weighted by Gasteiger charge is -2.21. The van der Waals surface area contributed by atoms with Gasteiger partial charge in [0, 0.05) is 35.2 Å². The van der Waals surface area contributed by atoms with Crippen LogP contribution in [-0.4, -0.2) is 24.3 Å². The van der Waals surface area contributed by atoms with Crippen molar-refractivity contribution in [1.29, 1.82) is 0 Å². The molecular weight excluding hydrogens is 292 g/mol. The lowest BCUT2D eigenvalue weighted by atomic mass is 10.0. The molecule has 0 radical (unpaired) electrons. The Kier molecular flexibility index (Phi) is 4.30. The molecule has 1 aromatic carbocycles. The van der Waals surface area contributed by atoms with E-state index >= 15 is 0 Å². The highest BCUT2D eigenvalue weighted by Gasteiger charge is 2.26. The first-order valence-corrected chi connectivity index (χ1v) is 7.26. The Morgan fingerprint density at radius 1 is 1.44 bits per heavy atom. The molecule has 3 nitrogen and oxygen atoms in total. The van der Waals surface area contributed by atoms with Gasteiger partial charge in [-0.1, -0.05) is 22.0 Å². The van der Waals surface area contributed by atoms with Gasteiger partial charge in [-0.15, -0.1) is 0 Å². The summed E-state index contributed by atoms with van der Waals surface area (Å²) in [7, 11) is 0. The number of nitrogens with two attached hydrogens (primary N) is 1. The number of rotatable bonds is 3. The number of benzene rings is 1. The van der Waals surface area contributed by atoms with Gasteiger partial charge in [0.2, 0.25) is 0 Å². The van der Waals surface area contributed by atoms with Gasteiger partial charge in [-0.2, -0.15) is 0 Å². The summed E-state index contributed by atoms with van der Waals surface area (Å²) in [5.41, 5.74) is 8.24. The van der Waals surface area contributed by atoms with E-state index in [1.165, 1.54) is 5.69 Å². The molecule has 0 bridgehead atoms. The van der Waals surface area contributed by atoms with Crippen LogP contribution in [0.4, 0.5) is 5.69 Å². The van der Waals surface area contributed by atoms with E-state index in [0.29, 0.717) is 5.92 Å². The minimum atomic E-state index is -0.221. The zero-order valence-electron chi connectivity index (χ0n) is 10.9. The molecule has 2 rings (SSSR count). The van der Waals surface area contributed by atoms with Crippen molar-refractivity contribution < 1.29 is 5.11 Å². The van der Waals surface area contributed by atoms with E-state index in [2.05, 4.69) is 39.0 Å². The third-order valence-electron chi connectivity index (χ3n) is 3.75. The van der Waals surface area contributed by atoms with E-state index in [4.69, 9.17) is 5.73 Å². The minimum Gasteiger partial charge on any atom is -0.393 e. The summed E-state index contributed by atoms with van der Waals surface area (Å²) < 4.78 is 1.07. The Morgan fingerprint density at radius 3 is 2.67 bits per heavy atom. The van der Waals surface area contributed by atoms with Crippen molar-refractivity contribution >= 4 is 21.6 Å². The number of aliphatic hydroxyl groups is 1. The second-order valence-electron chi connectivity index (χ2n) is 5.23. The minimum absolute atomic E-state index is 0.0391. The lowest BCUT2D eigenvalue weighted by Crippen LogP contribution is -2.23. The van der Waals surface area contributed by atoms with Crippen LogP contribution < -0.4 is 10.6 Å². The molecule has 1 fully saturated rings. The summed E-state index contributed by atoms with van der Waals surface area (Å²) in [5.74, 6) is 0.386. The molecule has 1 aliphatic rings. The highest BCUT2D eigenvalue weighted by molar-refractivity contribution is 9.10. The van der Waals surface area contributed by atoms with Gasteiger partial charge in [0.25, 0.3) is 0 Å². The lowest BCUT2D eigenvalue weighted by molar-refractivity contribution is 0.136. The van der Waals surface area contributed by atoms with Crippen molar-refractivity contribution in [3.63, 3.8) is 0 Å². The van der Waals surface area contributed by atoms with Crippen LogP contribution in [0.3, 0.4) is 0 Å².